The highest BCUT2D eigenvalue weighted by atomic mass is 79.9. The maximum absolute atomic E-state index is 14.6. The van der Waals surface area contributed by atoms with E-state index in [0.29, 0.717) is 0 Å². The highest BCUT2D eigenvalue weighted by Crippen LogP contribution is 2.46. The molecule has 2 N–H and O–H groups in total. The fourth-order valence-electron chi connectivity index (χ4n) is 5.63. The molecule has 1 spiro atoms. The van der Waals surface area contributed by atoms with E-state index in [4.69, 9.17) is 9.47 Å². The first-order chi connectivity index (χ1) is 22.2. The van der Waals surface area contributed by atoms with Gasteiger partial charge in [-0.05, 0) is 39.7 Å². The Hall–Kier alpha value is -3.80. The highest BCUT2D eigenvalue weighted by Gasteiger charge is 2.47. The van der Waals surface area contributed by atoms with Gasteiger partial charge in [-0.2, -0.15) is 17.9 Å². The number of rotatable bonds is 9. The number of nitro groups is 1. The molecule has 5 rings (SSSR count). The number of carbonyl (C=O) groups excluding carboxylic acids is 1. The van der Waals surface area contributed by atoms with Gasteiger partial charge in [0.1, 0.15) is 29.8 Å². The summed E-state index contributed by atoms with van der Waals surface area (Å²) in [5.41, 5.74) is -0.792. The maximum Gasteiger partial charge on any atom is 0.410 e. The highest BCUT2D eigenvalue weighted by molar-refractivity contribution is 9.10. The summed E-state index contributed by atoms with van der Waals surface area (Å²) in [6.07, 6.45) is -4.99. The fourth-order valence-corrected chi connectivity index (χ4v) is 7.34. The lowest BCUT2D eigenvalue weighted by Crippen LogP contribution is -2.55. The van der Waals surface area contributed by atoms with E-state index in [1.165, 1.54) is 17.0 Å². The molecule has 0 aromatic heterocycles. The van der Waals surface area contributed by atoms with E-state index < -0.39 is 67.8 Å². The van der Waals surface area contributed by atoms with Crippen LogP contribution in [0.3, 0.4) is 0 Å². The number of alkyl halides is 3. The second kappa shape index (κ2) is 13.7. The maximum atomic E-state index is 14.6. The number of hydrogen-bond donors (Lipinski definition) is 2. The standard InChI is InChI=1S/C30H29BrF4N4O7S/c31-21-15-25-20(14-22(21)32)23(16-29(46-25)10-12-38(13-11-29)28(40)45-18-19-6-2-1-3-7-19)36-17-27(30(33,34)35)37-47(43,44)26-9-5-4-8-24(26)39(41)42/h1-9,14-15,23,27,36-37H,10-13,16-18H2/t23?,27-/m0/s1. The molecule has 2 heterocycles. The van der Waals surface area contributed by atoms with E-state index in [0.717, 1.165) is 29.8 Å². The van der Waals surface area contributed by atoms with Crippen molar-refractivity contribution in [1.82, 2.24) is 14.9 Å². The number of amides is 1. The molecule has 1 unspecified atom stereocenters. The normalized spacial score (nSPS) is 18.2. The number of halogens is 5. The SMILES string of the molecule is O=C(OCc1ccccc1)N1CCC2(CC1)CC(NC[C@H](NS(=O)(=O)c1ccccc1[N+](=O)[O-])C(F)(F)F)c1cc(F)c(Br)cc1O2. The number of para-hydroxylation sites is 1. The molecule has 0 saturated carbocycles. The van der Waals surface area contributed by atoms with Crippen LogP contribution in [-0.4, -0.2) is 61.8 Å². The molecule has 3 aromatic rings. The Labute approximate surface area is 275 Å². The van der Waals surface area contributed by atoms with Crippen LogP contribution in [0.5, 0.6) is 5.75 Å². The van der Waals surface area contributed by atoms with E-state index in [1.807, 2.05) is 30.3 Å². The predicted octanol–water partition coefficient (Wildman–Crippen LogP) is 5.99. The Morgan fingerprint density at radius 2 is 1.79 bits per heavy atom. The molecule has 2 aliphatic rings. The molecule has 2 atom stereocenters. The smallest absolute Gasteiger partial charge is 0.410 e. The van der Waals surface area contributed by atoms with Gasteiger partial charge in [0.05, 0.1) is 9.40 Å². The molecular weight excluding hydrogens is 716 g/mol. The van der Waals surface area contributed by atoms with Gasteiger partial charge in [-0.25, -0.2) is 17.6 Å². The van der Waals surface area contributed by atoms with Crippen LogP contribution >= 0.6 is 15.9 Å². The zero-order valence-corrected chi connectivity index (χ0v) is 26.9. The van der Waals surface area contributed by atoms with Crippen molar-refractivity contribution in [3.05, 3.63) is 98.3 Å². The Morgan fingerprint density at radius 3 is 2.45 bits per heavy atom. The number of nitrogens with zero attached hydrogens (tertiary/aromatic N) is 2. The first-order valence-electron chi connectivity index (χ1n) is 14.4. The Balaban J connectivity index is 1.32. The zero-order valence-electron chi connectivity index (χ0n) is 24.5. The van der Waals surface area contributed by atoms with Crippen molar-refractivity contribution in [2.45, 2.75) is 54.6 Å². The molecule has 47 heavy (non-hydrogen) atoms. The summed E-state index contributed by atoms with van der Waals surface area (Å²) in [5, 5.41) is 14.1. The number of nitrogens with one attached hydrogen (secondary N) is 2. The van der Waals surface area contributed by atoms with Crippen LogP contribution in [0.25, 0.3) is 0 Å². The van der Waals surface area contributed by atoms with Gasteiger partial charge < -0.3 is 19.7 Å². The number of fused-ring (bicyclic) bond motifs is 1. The van der Waals surface area contributed by atoms with Gasteiger partial charge in [-0.3, -0.25) is 10.1 Å². The summed E-state index contributed by atoms with van der Waals surface area (Å²) < 4.78 is 96.4. The average molecular weight is 746 g/mol. The molecule has 17 heteroatoms. The van der Waals surface area contributed by atoms with Crippen molar-refractivity contribution in [3.8, 4) is 5.75 Å². The predicted molar refractivity (Wildman–Crippen MR) is 164 cm³/mol. The molecule has 1 amide bonds. The minimum Gasteiger partial charge on any atom is -0.487 e. The summed E-state index contributed by atoms with van der Waals surface area (Å²) in [5.74, 6) is -0.471. The third-order valence-corrected chi connectivity index (χ3v) is 10.2. The number of sulfonamides is 1. The molecule has 0 aliphatic carbocycles. The summed E-state index contributed by atoms with van der Waals surface area (Å²) in [4.78, 5) is 23.7. The first kappa shape index (κ1) is 34.5. The van der Waals surface area contributed by atoms with E-state index in [-0.39, 0.29) is 54.7 Å². The summed E-state index contributed by atoms with van der Waals surface area (Å²) >= 11 is 3.11. The Morgan fingerprint density at radius 1 is 1.13 bits per heavy atom. The molecule has 252 valence electrons. The van der Waals surface area contributed by atoms with Crippen molar-refractivity contribution < 1.29 is 45.2 Å². The average Bonchev–Trinajstić information content (AvgIpc) is 3.03. The van der Waals surface area contributed by atoms with Crippen LogP contribution in [0.4, 0.5) is 28.0 Å². The largest absolute Gasteiger partial charge is 0.487 e. The number of hydrogen-bond acceptors (Lipinski definition) is 8. The molecule has 1 saturated heterocycles. The molecule has 3 aromatic carbocycles. The Kier molecular flexibility index (Phi) is 10.1. The van der Waals surface area contributed by atoms with Crippen LogP contribution in [0.15, 0.2) is 76.1 Å². The number of carbonyl (C=O) groups is 1. The zero-order chi connectivity index (χ0) is 34.0. The van der Waals surface area contributed by atoms with Gasteiger partial charge in [-0.1, -0.05) is 42.5 Å². The molecule has 1 fully saturated rings. The van der Waals surface area contributed by atoms with Gasteiger partial charge in [0, 0.05) is 56.6 Å². The van der Waals surface area contributed by atoms with Crippen LogP contribution in [0, 0.1) is 15.9 Å². The third-order valence-electron chi connectivity index (χ3n) is 8.08. The molecule has 0 radical (unpaired) electrons. The second-order valence-electron chi connectivity index (χ2n) is 11.2. The lowest BCUT2D eigenvalue weighted by molar-refractivity contribution is -0.387. The topological polar surface area (TPSA) is 140 Å². The van der Waals surface area contributed by atoms with Crippen molar-refractivity contribution in [2.24, 2.45) is 0 Å². The lowest BCUT2D eigenvalue weighted by Gasteiger charge is -2.47. The fraction of sp³-hybridized carbons (Fsp3) is 0.367. The van der Waals surface area contributed by atoms with Crippen molar-refractivity contribution in [2.75, 3.05) is 19.6 Å². The van der Waals surface area contributed by atoms with Gasteiger partial charge in [0.25, 0.3) is 5.69 Å². The second-order valence-corrected chi connectivity index (χ2v) is 13.8. The lowest BCUT2D eigenvalue weighted by atomic mass is 9.80. The summed E-state index contributed by atoms with van der Waals surface area (Å²) in [6.45, 7) is -0.463. The summed E-state index contributed by atoms with van der Waals surface area (Å²) in [7, 11) is -5.00. The van der Waals surface area contributed by atoms with Crippen LogP contribution in [-0.2, 0) is 21.4 Å². The van der Waals surface area contributed by atoms with Crippen LogP contribution in [0.2, 0.25) is 0 Å². The van der Waals surface area contributed by atoms with Gasteiger partial charge >= 0.3 is 12.3 Å². The van der Waals surface area contributed by atoms with Gasteiger partial charge in [-0.15, -0.1) is 0 Å². The third kappa shape index (κ3) is 8.02. The molecule has 11 nitrogen and oxygen atoms in total. The molecule has 0 bridgehead atoms. The Bertz CT molecular complexity index is 1740. The van der Waals surface area contributed by atoms with E-state index in [1.54, 1.807) is 4.72 Å². The van der Waals surface area contributed by atoms with E-state index in [9.17, 15) is 40.9 Å². The van der Waals surface area contributed by atoms with E-state index >= 15 is 0 Å². The number of nitro benzene ring substituents is 1. The minimum absolute atomic E-state index is 0.0689. The first-order valence-corrected chi connectivity index (χ1v) is 16.6. The monoisotopic (exact) mass is 744 g/mol. The number of ether oxygens (including phenoxy) is 2. The number of piperidine rings is 1. The van der Waals surface area contributed by atoms with Crippen molar-refractivity contribution >= 4 is 37.7 Å². The molecular formula is C30H29BrF4N4O7S. The van der Waals surface area contributed by atoms with Crippen LogP contribution < -0.4 is 14.8 Å². The minimum atomic E-state index is -5.11. The quantitative estimate of drug-likeness (QED) is 0.155. The number of likely N-dealkylation sites (tertiary alicyclic amines) is 1. The van der Waals surface area contributed by atoms with Gasteiger partial charge in [0.15, 0.2) is 4.90 Å². The summed E-state index contributed by atoms with van der Waals surface area (Å²) in [6, 6.07) is 12.1. The van der Waals surface area contributed by atoms with Gasteiger partial charge in [0.2, 0.25) is 10.0 Å². The van der Waals surface area contributed by atoms with Crippen molar-refractivity contribution in [3.63, 3.8) is 0 Å². The molecule has 2 aliphatic heterocycles. The van der Waals surface area contributed by atoms with Crippen LogP contribution in [0.1, 0.15) is 36.4 Å². The number of benzene rings is 3. The van der Waals surface area contributed by atoms with E-state index in [2.05, 4.69) is 21.2 Å². The van der Waals surface area contributed by atoms with Crippen molar-refractivity contribution in [1.29, 1.82) is 0 Å².